The molecule has 0 aromatic rings. The third-order valence-corrected chi connectivity index (χ3v) is 2.96. The van der Waals surface area contributed by atoms with E-state index in [1.54, 1.807) is 6.92 Å². The quantitative estimate of drug-likeness (QED) is 0.436. The maximum atomic E-state index is 12.7. The first-order valence-corrected chi connectivity index (χ1v) is 6.48. The molecule has 1 N–H and O–H groups in total. The average Bonchev–Trinajstić information content (AvgIpc) is 2.32. The molecule has 130 valence electrons. The minimum Gasteiger partial charge on any atom is -0.459 e. The molecule has 0 aromatic carbocycles. The number of hydrogen-bond acceptors (Lipinski definition) is 3. The van der Waals surface area contributed by atoms with Crippen LogP contribution in [0.4, 0.5) is 26.3 Å². The summed E-state index contributed by atoms with van der Waals surface area (Å²) in [5.41, 5.74) is -5.10. The highest BCUT2D eigenvalue weighted by Gasteiger charge is 2.70. The zero-order valence-electron chi connectivity index (χ0n) is 12.1. The van der Waals surface area contributed by atoms with Crippen molar-refractivity contribution < 1.29 is 41.0 Å². The molecular weight excluding hydrogens is 318 g/mol. The number of carbonyl (C=O) groups excluding carboxylic acids is 1. The summed E-state index contributed by atoms with van der Waals surface area (Å²) in [6.45, 7) is 6.07. The smallest absolute Gasteiger partial charge is 0.426 e. The molecule has 0 spiro atoms. The van der Waals surface area contributed by atoms with E-state index in [0.29, 0.717) is 6.42 Å². The van der Waals surface area contributed by atoms with E-state index in [1.165, 1.54) is 6.92 Å². The molecule has 22 heavy (non-hydrogen) atoms. The summed E-state index contributed by atoms with van der Waals surface area (Å²) >= 11 is 0. The van der Waals surface area contributed by atoms with Crippen LogP contribution in [0.25, 0.3) is 0 Å². The molecule has 0 fully saturated rings. The van der Waals surface area contributed by atoms with E-state index in [1.807, 2.05) is 0 Å². The van der Waals surface area contributed by atoms with Gasteiger partial charge in [0.15, 0.2) is 0 Å². The first-order chi connectivity index (χ1) is 9.76. The van der Waals surface area contributed by atoms with Crippen molar-refractivity contribution in [2.45, 2.75) is 63.6 Å². The lowest BCUT2D eigenvalue weighted by Gasteiger charge is -2.34. The van der Waals surface area contributed by atoms with Crippen LogP contribution in [0.3, 0.4) is 0 Å². The molecule has 0 saturated carbocycles. The topological polar surface area (TPSA) is 46.5 Å². The van der Waals surface area contributed by atoms with Gasteiger partial charge in [0.2, 0.25) is 0 Å². The fourth-order valence-electron chi connectivity index (χ4n) is 1.61. The molecule has 1 atom stereocenters. The Morgan fingerprint density at radius 1 is 1.18 bits per heavy atom. The van der Waals surface area contributed by atoms with Crippen molar-refractivity contribution in [1.82, 2.24) is 0 Å². The number of carbonyl (C=O) groups is 1. The molecule has 3 nitrogen and oxygen atoms in total. The summed E-state index contributed by atoms with van der Waals surface area (Å²) in [4.78, 5) is 11.3. The van der Waals surface area contributed by atoms with Crippen LogP contribution < -0.4 is 0 Å². The van der Waals surface area contributed by atoms with Gasteiger partial charge < -0.3 is 9.84 Å². The molecular formula is C13H18F6O3. The number of aliphatic hydroxyl groups is 1. The predicted molar refractivity (Wildman–Crippen MR) is 65.9 cm³/mol. The van der Waals surface area contributed by atoms with Gasteiger partial charge in [-0.2, -0.15) is 26.3 Å². The molecule has 0 aliphatic heterocycles. The van der Waals surface area contributed by atoms with E-state index in [2.05, 4.69) is 11.3 Å². The Balaban J connectivity index is 5.38. The maximum absolute atomic E-state index is 12.7. The van der Waals surface area contributed by atoms with Gasteiger partial charge in [0.05, 0.1) is 0 Å². The van der Waals surface area contributed by atoms with E-state index >= 15 is 0 Å². The largest absolute Gasteiger partial charge is 0.459 e. The highest BCUT2D eigenvalue weighted by molar-refractivity contribution is 5.87. The van der Waals surface area contributed by atoms with Crippen molar-refractivity contribution in [1.29, 1.82) is 0 Å². The van der Waals surface area contributed by atoms with E-state index in [0.717, 1.165) is 0 Å². The molecule has 0 amide bonds. The van der Waals surface area contributed by atoms with Crippen LogP contribution >= 0.6 is 0 Å². The highest BCUT2D eigenvalue weighted by Crippen LogP contribution is 2.46. The van der Waals surface area contributed by atoms with Gasteiger partial charge in [-0.25, -0.2) is 4.79 Å². The number of alkyl halides is 6. The summed E-state index contributed by atoms with van der Waals surface area (Å²) < 4.78 is 80.5. The summed E-state index contributed by atoms with van der Waals surface area (Å²) in [5, 5.41) is 9.14. The second kappa shape index (κ2) is 7.34. The Bertz CT molecular complexity index is 386. The monoisotopic (exact) mass is 336 g/mol. The van der Waals surface area contributed by atoms with Crippen molar-refractivity contribution >= 4 is 5.97 Å². The Morgan fingerprint density at radius 3 is 1.95 bits per heavy atom. The number of halogens is 6. The Hall–Kier alpha value is -1.25. The van der Waals surface area contributed by atoms with E-state index in [4.69, 9.17) is 5.11 Å². The van der Waals surface area contributed by atoms with Crippen molar-refractivity contribution in [3.8, 4) is 0 Å². The van der Waals surface area contributed by atoms with Crippen LogP contribution in [0.5, 0.6) is 0 Å². The third-order valence-electron chi connectivity index (χ3n) is 2.96. The zero-order valence-corrected chi connectivity index (χ0v) is 12.1. The van der Waals surface area contributed by atoms with Crippen LogP contribution in [0.2, 0.25) is 0 Å². The fourth-order valence-corrected chi connectivity index (χ4v) is 1.61. The Kier molecular flexibility index (Phi) is 6.93. The van der Waals surface area contributed by atoms with Gasteiger partial charge in [-0.1, -0.05) is 26.3 Å². The average molecular weight is 336 g/mol. The van der Waals surface area contributed by atoms with Gasteiger partial charge in [0.25, 0.3) is 5.60 Å². The lowest BCUT2D eigenvalue weighted by molar-refractivity contribution is -0.374. The molecule has 0 radical (unpaired) electrons. The Labute approximate surface area is 123 Å². The fraction of sp³-hybridized carbons (Fsp3) is 0.769. The van der Waals surface area contributed by atoms with Gasteiger partial charge in [0, 0.05) is 12.0 Å². The molecule has 0 aromatic heterocycles. The van der Waals surface area contributed by atoms with E-state index in [-0.39, 0.29) is 18.4 Å². The second-order valence-electron chi connectivity index (χ2n) is 5.01. The summed E-state index contributed by atoms with van der Waals surface area (Å²) in [6.07, 6.45) is -14.9. The SMILES string of the molecule is C=C(C)C(=O)OC(CCCC)CC(O)(C(F)(F)F)C(F)(F)F. The number of esters is 1. The van der Waals surface area contributed by atoms with Crippen LogP contribution in [0.15, 0.2) is 12.2 Å². The first-order valence-electron chi connectivity index (χ1n) is 6.48. The van der Waals surface area contributed by atoms with Gasteiger partial charge in [-0.05, 0) is 13.3 Å². The van der Waals surface area contributed by atoms with Crippen molar-refractivity contribution in [3.05, 3.63) is 12.2 Å². The number of ether oxygens (including phenoxy) is 1. The first kappa shape index (κ1) is 20.8. The van der Waals surface area contributed by atoms with E-state index in [9.17, 15) is 31.1 Å². The summed E-state index contributed by atoms with van der Waals surface area (Å²) in [7, 11) is 0. The third kappa shape index (κ3) is 5.19. The lowest BCUT2D eigenvalue weighted by atomic mass is 9.92. The Morgan fingerprint density at radius 2 is 1.64 bits per heavy atom. The number of hydrogen-bond donors (Lipinski definition) is 1. The summed E-state index contributed by atoms with van der Waals surface area (Å²) in [5.74, 6) is -1.10. The molecule has 0 aliphatic rings. The highest BCUT2D eigenvalue weighted by atomic mass is 19.4. The molecule has 1 unspecified atom stereocenters. The second-order valence-corrected chi connectivity index (χ2v) is 5.01. The minimum atomic E-state index is -5.94. The molecule has 0 saturated heterocycles. The van der Waals surface area contributed by atoms with Crippen molar-refractivity contribution in [2.75, 3.05) is 0 Å². The normalized spacial score (nSPS) is 14.6. The maximum Gasteiger partial charge on any atom is 0.426 e. The standard InChI is InChI=1S/C13H18F6O3/c1-4-5-6-9(22-10(20)8(2)3)7-11(21,12(14,15)16)13(17,18)19/h9,21H,2,4-7H2,1,3H3. The summed E-state index contributed by atoms with van der Waals surface area (Å²) in [6, 6.07) is 0. The van der Waals surface area contributed by atoms with Crippen LogP contribution in [0.1, 0.15) is 39.5 Å². The molecule has 0 aliphatic carbocycles. The minimum absolute atomic E-state index is 0.163. The van der Waals surface area contributed by atoms with Gasteiger partial charge in [-0.15, -0.1) is 0 Å². The van der Waals surface area contributed by atoms with Crippen LogP contribution in [-0.2, 0) is 9.53 Å². The molecule has 0 bridgehead atoms. The molecule has 0 rings (SSSR count). The zero-order chi connectivity index (χ0) is 17.8. The molecule has 9 heteroatoms. The number of rotatable bonds is 7. The van der Waals surface area contributed by atoms with Crippen LogP contribution in [0, 0.1) is 0 Å². The van der Waals surface area contributed by atoms with Crippen molar-refractivity contribution in [3.63, 3.8) is 0 Å². The van der Waals surface area contributed by atoms with E-state index < -0.39 is 36.4 Å². The van der Waals surface area contributed by atoms with Gasteiger partial charge in [-0.3, -0.25) is 0 Å². The van der Waals surface area contributed by atoms with Gasteiger partial charge >= 0.3 is 18.3 Å². The van der Waals surface area contributed by atoms with Crippen LogP contribution in [-0.4, -0.2) is 35.1 Å². The van der Waals surface area contributed by atoms with Gasteiger partial charge in [0.1, 0.15) is 6.10 Å². The molecule has 0 heterocycles. The lowest BCUT2D eigenvalue weighted by Crippen LogP contribution is -2.58. The number of unbranched alkanes of at least 4 members (excludes halogenated alkanes) is 1. The van der Waals surface area contributed by atoms with Crippen molar-refractivity contribution in [2.24, 2.45) is 0 Å². The predicted octanol–water partition coefficient (Wildman–Crippen LogP) is 3.91.